The predicted octanol–water partition coefficient (Wildman–Crippen LogP) is 7.67. The van der Waals surface area contributed by atoms with Gasteiger partial charge in [-0.2, -0.15) is 26.3 Å². The lowest BCUT2D eigenvalue weighted by Gasteiger charge is -2.15. The molecule has 1 aromatic heterocycles. The first-order chi connectivity index (χ1) is 18.9. The average Bonchev–Trinajstić information content (AvgIpc) is 2.91. The molecule has 0 radical (unpaired) electrons. The summed E-state index contributed by atoms with van der Waals surface area (Å²) in [5.41, 5.74) is -2.97. The Morgan fingerprint density at radius 1 is 0.800 bits per heavy atom. The van der Waals surface area contributed by atoms with Crippen molar-refractivity contribution in [1.82, 2.24) is 0 Å². The Hall–Kier alpha value is -4.80. The van der Waals surface area contributed by atoms with Gasteiger partial charge in [-0.15, -0.1) is 0 Å². The lowest BCUT2D eigenvalue weighted by Crippen LogP contribution is -2.20. The van der Waals surface area contributed by atoms with E-state index in [-0.39, 0.29) is 22.4 Å². The molecule has 0 saturated carbocycles. The van der Waals surface area contributed by atoms with Gasteiger partial charge in [0.05, 0.1) is 16.5 Å². The number of carbonyl (C=O) groups is 1. The molecule has 204 valence electrons. The lowest BCUT2D eigenvalue weighted by molar-refractivity contribution is -0.152. The summed E-state index contributed by atoms with van der Waals surface area (Å²) in [6.45, 7) is -0.674. The van der Waals surface area contributed by atoms with Crippen molar-refractivity contribution in [2.24, 2.45) is 0 Å². The van der Waals surface area contributed by atoms with E-state index in [2.05, 4.69) is 5.32 Å². The molecule has 4 aromatic carbocycles. The minimum absolute atomic E-state index is 0.0627. The summed E-state index contributed by atoms with van der Waals surface area (Å²) in [6.07, 6.45) is -9.61. The summed E-state index contributed by atoms with van der Waals surface area (Å²) in [4.78, 5) is 25.6. The van der Waals surface area contributed by atoms with Gasteiger partial charge in [0.15, 0.2) is 6.61 Å². The predicted molar refractivity (Wildman–Crippen MR) is 136 cm³/mol. The van der Waals surface area contributed by atoms with Gasteiger partial charge in [0.25, 0.3) is 5.91 Å². The van der Waals surface area contributed by atoms with Gasteiger partial charge in [-0.05, 0) is 46.7 Å². The zero-order valence-electron chi connectivity index (χ0n) is 20.2. The highest BCUT2D eigenvalue weighted by molar-refractivity contribution is 5.98. The quantitative estimate of drug-likeness (QED) is 0.225. The van der Waals surface area contributed by atoms with Crippen LogP contribution in [0.4, 0.5) is 32.0 Å². The Balaban J connectivity index is 1.46. The maximum absolute atomic E-state index is 14.1. The summed E-state index contributed by atoms with van der Waals surface area (Å²) in [5.74, 6) is -2.40. The van der Waals surface area contributed by atoms with E-state index in [1.54, 1.807) is 36.4 Å². The van der Waals surface area contributed by atoms with Crippen molar-refractivity contribution in [1.29, 1.82) is 0 Å². The van der Waals surface area contributed by atoms with Gasteiger partial charge in [-0.1, -0.05) is 48.5 Å². The number of hydrogen-bond donors (Lipinski definition) is 1. The van der Waals surface area contributed by atoms with Crippen molar-refractivity contribution < 1.29 is 40.3 Å². The Bertz CT molecular complexity index is 1800. The number of ether oxygens (including phenoxy) is 1. The molecular formula is C29H17F6NO4. The molecule has 0 aliphatic rings. The summed E-state index contributed by atoms with van der Waals surface area (Å²) in [7, 11) is 0. The highest BCUT2D eigenvalue weighted by Crippen LogP contribution is 2.40. The number of hydrogen-bond acceptors (Lipinski definition) is 4. The number of amides is 1. The van der Waals surface area contributed by atoms with Crippen molar-refractivity contribution in [3.05, 3.63) is 106 Å². The van der Waals surface area contributed by atoms with Gasteiger partial charge in [0.1, 0.15) is 11.3 Å². The Morgan fingerprint density at radius 2 is 1.52 bits per heavy atom. The van der Waals surface area contributed by atoms with Crippen LogP contribution in [0.15, 0.2) is 94.1 Å². The van der Waals surface area contributed by atoms with Gasteiger partial charge in [0.2, 0.25) is 11.2 Å². The molecule has 0 spiro atoms. The molecule has 1 N–H and O–H groups in total. The molecule has 0 fully saturated rings. The van der Waals surface area contributed by atoms with E-state index in [0.29, 0.717) is 10.8 Å². The molecule has 40 heavy (non-hydrogen) atoms. The number of carbonyl (C=O) groups excluding carboxylic acids is 1. The molecule has 0 aliphatic carbocycles. The van der Waals surface area contributed by atoms with Crippen LogP contribution in [0.2, 0.25) is 0 Å². The Labute approximate surface area is 221 Å². The van der Waals surface area contributed by atoms with Crippen molar-refractivity contribution in [3.63, 3.8) is 0 Å². The molecule has 5 rings (SSSR count). The first-order valence-corrected chi connectivity index (χ1v) is 11.7. The van der Waals surface area contributed by atoms with Gasteiger partial charge in [-0.25, -0.2) is 0 Å². The number of benzene rings is 4. The van der Waals surface area contributed by atoms with Crippen LogP contribution in [-0.4, -0.2) is 12.5 Å². The first-order valence-electron chi connectivity index (χ1n) is 11.7. The minimum atomic E-state index is -5.01. The lowest BCUT2D eigenvalue weighted by atomic mass is 9.96. The molecule has 0 saturated heterocycles. The average molecular weight is 557 g/mol. The van der Waals surface area contributed by atoms with Crippen LogP contribution in [0.3, 0.4) is 0 Å². The van der Waals surface area contributed by atoms with Crippen molar-refractivity contribution in [2.45, 2.75) is 12.4 Å². The van der Waals surface area contributed by atoms with E-state index < -0.39 is 52.8 Å². The molecule has 1 heterocycles. The zero-order valence-corrected chi connectivity index (χ0v) is 20.2. The van der Waals surface area contributed by atoms with Crippen LogP contribution in [0.25, 0.3) is 32.9 Å². The third-order valence-corrected chi connectivity index (χ3v) is 6.02. The number of anilines is 1. The highest BCUT2D eigenvalue weighted by Gasteiger charge is 2.39. The first kappa shape index (κ1) is 26.8. The second kappa shape index (κ2) is 10.1. The number of fused-ring (bicyclic) bond motifs is 2. The SMILES string of the molecule is O=C(COc1ccc2c(=O)c(-c3cccc4ccccc34)c(C(F)(F)F)oc2c1)Nc1cccc(C(F)(F)F)c1. The summed E-state index contributed by atoms with van der Waals surface area (Å²) in [6, 6.07) is 18.8. The molecule has 11 heteroatoms. The third kappa shape index (κ3) is 5.35. The van der Waals surface area contributed by atoms with E-state index in [4.69, 9.17) is 9.15 Å². The molecule has 0 unspecified atom stereocenters. The molecular weight excluding hydrogens is 540 g/mol. The van der Waals surface area contributed by atoms with Crippen molar-refractivity contribution >= 4 is 33.3 Å². The maximum atomic E-state index is 14.1. The van der Waals surface area contributed by atoms with Crippen LogP contribution < -0.4 is 15.5 Å². The van der Waals surface area contributed by atoms with Crippen LogP contribution in [0, 0.1) is 0 Å². The van der Waals surface area contributed by atoms with Gasteiger partial charge < -0.3 is 14.5 Å². The normalized spacial score (nSPS) is 12.1. The molecule has 1 amide bonds. The largest absolute Gasteiger partial charge is 0.484 e. The highest BCUT2D eigenvalue weighted by atomic mass is 19.4. The fraction of sp³-hybridized carbons (Fsp3) is 0.103. The van der Waals surface area contributed by atoms with E-state index >= 15 is 0 Å². The van der Waals surface area contributed by atoms with Crippen molar-refractivity contribution in [2.75, 3.05) is 11.9 Å². The molecule has 0 aliphatic heterocycles. The monoisotopic (exact) mass is 557 g/mol. The fourth-order valence-corrected chi connectivity index (χ4v) is 4.27. The Kier molecular flexibility index (Phi) is 6.74. The smallest absolute Gasteiger partial charge is 0.450 e. The standard InChI is InChI=1S/C29H17F6NO4/c30-28(31,32)17-7-4-8-18(13-17)36-24(37)15-39-19-11-12-22-23(14-19)40-27(29(33,34)35)25(26(22)38)21-10-3-6-16-5-1-2-9-20(16)21/h1-14H,15H2,(H,36,37). The molecule has 0 bridgehead atoms. The van der Waals surface area contributed by atoms with Crippen LogP contribution in [0.1, 0.15) is 11.3 Å². The van der Waals surface area contributed by atoms with E-state index in [1.165, 1.54) is 24.3 Å². The number of alkyl halides is 6. The Morgan fingerprint density at radius 3 is 2.27 bits per heavy atom. The van der Waals surface area contributed by atoms with Crippen LogP contribution >= 0.6 is 0 Å². The summed E-state index contributed by atoms with van der Waals surface area (Å²) < 4.78 is 91.5. The number of nitrogens with one attached hydrogen (secondary N) is 1. The minimum Gasteiger partial charge on any atom is -0.484 e. The summed E-state index contributed by atoms with van der Waals surface area (Å²) >= 11 is 0. The van der Waals surface area contributed by atoms with Gasteiger partial charge >= 0.3 is 12.4 Å². The van der Waals surface area contributed by atoms with E-state index in [9.17, 15) is 35.9 Å². The molecule has 5 aromatic rings. The second-order valence-electron chi connectivity index (χ2n) is 8.73. The maximum Gasteiger partial charge on any atom is 0.450 e. The van der Waals surface area contributed by atoms with Crippen LogP contribution in [-0.2, 0) is 17.1 Å². The van der Waals surface area contributed by atoms with Gasteiger partial charge in [-0.3, -0.25) is 9.59 Å². The topological polar surface area (TPSA) is 68.5 Å². The second-order valence-corrected chi connectivity index (χ2v) is 8.73. The van der Waals surface area contributed by atoms with Crippen molar-refractivity contribution in [3.8, 4) is 16.9 Å². The number of halogens is 6. The van der Waals surface area contributed by atoms with Gasteiger partial charge in [0, 0.05) is 11.8 Å². The number of rotatable bonds is 5. The molecule has 0 atom stereocenters. The van der Waals surface area contributed by atoms with Crippen LogP contribution in [0.5, 0.6) is 5.75 Å². The molecule has 5 nitrogen and oxygen atoms in total. The zero-order chi connectivity index (χ0) is 28.7. The fourth-order valence-electron chi connectivity index (χ4n) is 4.27. The van der Waals surface area contributed by atoms with E-state index in [0.717, 1.165) is 24.3 Å². The third-order valence-electron chi connectivity index (χ3n) is 6.02. The van der Waals surface area contributed by atoms with E-state index in [1.807, 2.05) is 0 Å². The summed E-state index contributed by atoms with van der Waals surface area (Å²) in [5, 5.41) is 3.19.